The van der Waals surface area contributed by atoms with Gasteiger partial charge in [0, 0.05) is 35.3 Å². The molecule has 1 aromatic rings. The maximum atomic E-state index is 5.93. The third kappa shape index (κ3) is 2.92. The van der Waals surface area contributed by atoms with Crippen LogP contribution in [0.3, 0.4) is 0 Å². The van der Waals surface area contributed by atoms with E-state index in [0.29, 0.717) is 6.04 Å². The van der Waals surface area contributed by atoms with E-state index in [1.54, 1.807) is 0 Å². The van der Waals surface area contributed by atoms with Crippen LogP contribution < -0.4 is 0 Å². The second-order valence-electron chi connectivity index (χ2n) is 3.93. The summed E-state index contributed by atoms with van der Waals surface area (Å²) in [5, 5.41) is 0. The van der Waals surface area contributed by atoms with Gasteiger partial charge >= 0.3 is 0 Å². The zero-order valence-corrected chi connectivity index (χ0v) is 10.8. The predicted octanol–water partition coefficient (Wildman–Crippen LogP) is 3.05. The van der Waals surface area contributed by atoms with Crippen LogP contribution in [0.2, 0.25) is 0 Å². The molecule has 15 heavy (non-hydrogen) atoms. The molecule has 1 saturated heterocycles. The number of pyridine rings is 1. The van der Waals surface area contributed by atoms with Crippen LogP contribution >= 0.6 is 27.5 Å². The van der Waals surface area contributed by atoms with Crippen molar-refractivity contribution in [2.45, 2.75) is 25.4 Å². The second kappa shape index (κ2) is 5.28. The SMILES string of the molecule is ClCC1CCCN1Cc1cncc(Br)c1. The number of alkyl halides is 1. The highest BCUT2D eigenvalue weighted by molar-refractivity contribution is 9.10. The average Bonchev–Trinajstić information content (AvgIpc) is 2.65. The van der Waals surface area contributed by atoms with Crippen molar-refractivity contribution < 1.29 is 0 Å². The third-order valence-electron chi connectivity index (χ3n) is 2.82. The third-order valence-corrected chi connectivity index (χ3v) is 3.61. The van der Waals surface area contributed by atoms with Gasteiger partial charge in [-0.25, -0.2) is 0 Å². The minimum Gasteiger partial charge on any atom is -0.295 e. The Balaban J connectivity index is 2.02. The monoisotopic (exact) mass is 288 g/mol. The number of aromatic nitrogens is 1. The zero-order chi connectivity index (χ0) is 10.7. The Morgan fingerprint density at radius 2 is 2.40 bits per heavy atom. The first-order valence-electron chi connectivity index (χ1n) is 5.19. The Bertz CT molecular complexity index is 332. The minimum atomic E-state index is 0.547. The molecule has 0 amide bonds. The maximum absolute atomic E-state index is 5.93. The Hall–Kier alpha value is -0.120. The van der Waals surface area contributed by atoms with Gasteiger partial charge in [-0.1, -0.05) is 0 Å². The fraction of sp³-hybridized carbons (Fsp3) is 0.545. The van der Waals surface area contributed by atoms with E-state index in [-0.39, 0.29) is 0 Å². The number of likely N-dealkylation sites (tertiary alicyclic amines) is 1. The van der Waals surface area contributed by atoms with Crippen molar-refractivity contribution in [1.82, 2.24) is 9.88 Å². The van der Waals surface area contributed by atoms with E-state index >= 15 is 0 Å². The molecule has 1 fully saturated rings. The van der Waals surface area contributed by atoms with Gasteiger partial charge in [0.2, 0.25) is 0 Å². The largest absolute Gasteiger partial charge is 0.295 e. The minimum absolute atomic E-state index is 0.547. The quantitative estimate of drug-likeness (QED) is 0.795. The Morgan fingerprint density at radius 3 is 3.13 bits per heavy atom. The summed E-state index contributed by atoms with van der Waals surface area (Å²) in [6, 6.07) is 2.67. The zero-order valence-electron chi connectivity index (χ0n) is 8.50. The van der Waals surface area contributed by atoms with Crippen molar-refractivity contribution in [3.63, 3.8) is 0 Å². The van der Waals surface area contributed by atoms with Gasteiger partial charge in [-0.15, -0.1) is 11.6 Å². The highest BCUT2D eigenvalue weighted by Gasteiger charge is 2.23. The molecule has 82 valence electrons. The van der Waals surface area contributed by atoms with Crippen molar-refractivity contribution in [2.24, 2.45) is 0 Å². The topological polar surface area (TPSA) is 16.1 Å². The summed E-state index contributed by atoms with van der Waals surface area (Å²) in [7, 11) is 0. The lowest BCUT2D eigenvalue weighted by molar-refractivity contribution is 0.262. The van der Waals surface area contributed by atoms with Gasteiger partial charge in [-0.3, -0.25) is 9.88 Å². The Morgan fingerprint density at radius 1 is 1.53 bits per heavy atom. The van der Waals surface area contributed by atoms with E-state index in [2.05, 4.69) is 31.9 Å². The lowest BCUT2D eigenvalue weighted by atomic mass is 10.2. The highest BCUT2D eigenvalue weighted by Crippen LogP contribution is 2.21. The Labute approximate surface area is 104 Å². The molecule has 4 heteroatoms. The van der Waals surface area contributed by atoms with Crippen molar-refractivity contribution in [1.29, 1.82) is 0 Å². The molecule has 1 aliphatic rings. The fourth-order valence-corrected chi connectivity index (χ4v) is 2.82. The lowest BCUT2D eigenvalue weighted by Crippen LogP contribution is -2.30. The summed E-state index contributed by atoms with van der Waals surface area (Å²) in [4.78, 5) is 6.61. The molecule has 0 spiro atoms. The number of halogens is 2. The van der Waals surface area contributed by atoms with Crippen LogP contribution in [0.4, 0.5) is 0 Å². The van der Waals surface area contributed by atoms with Crippen LogP contribution in [0.25, 0.3) is 0 Å². The van der Waals surface area contributed by atoms with Gasteiger partial charge < -0.3 is 0 Å². The number of rotatable bonds is 3. The van der Waals surface area contributed by atoms with Crippen LogP contribution in [0, 0.1) is 0 Å². The number of nitrogens with zero attached hydrogens (tertiary/aromatic N) is 2. The van der Waals surface area contributed by atoms with Crippen LogP contribution in [0.5, 0.6) is 0 Å². The van der Waals surface area contributed by atoms with Gasteiger partial charge in [0.25, 0.3) is 0 Å². The molecule has 2 rings (SSSR count). The maximum Gasteiger partial charge on any atom is 0.0410 e. The Kier molecular flexibility index (Phi) is 4.00. The molecule has 0 aliphatic carbocycles. The second-order valence-corrected chi connectivity index (χ2v) is 5.16. The van der Waals surface area contributed by atoms with Crippen molar-refractivity contribution in [3.8, 4) is 0 Å². The molecule has 1 aliphatic heterocycles. The molecule has 1 aromatic heterocycles. The molecule has 0 radical (unpaired) electrons. The van der Waals surface area contributed by atoms with Gasteiger partial charge in [0.15, 0.2) is 0 Å². The summed E-state index contributed by atoms with van der Waals surface area (Å²) < 4.78 is 1.04. The van der Waals surface area contributed by atoms with Gasteiger partial charge in [0.1, 0.15) is 0 Å². The molecule has 1 unspecified atom stereocenters. The summed E-state index contributed by atoms with van der Waals surface area (Å²) in [5.74, 6) is 0.738. The smallest absolute Gasteiger partial charge is 0.0410 e. The molecule has 2 nitrogen and oxygen atoms in total. The van der Waals surface area contributed by atoms with Gasteiger partial charge in [0.05, 0.1) is 0 Å². The molecule has 0 bridgehead atoms. The summed E-state index contributed by atoms with van der Waals surface area (Å²) in [6.45, 7) is 2.12. The first kappa shape index (κ1) is 11.4. The fourth-order valence-electron chi connectivity index (χ4n) is 2.05. The number of hydrogen-bond donors (Lipinski definition) is 0. The molecule has 0 N–H and O–H groups in total. The van der Waals surface area contributed by atoms with Gasteiger partial charge in [-0.05, 0) is 46.9 Å². The van der Waals surface area contributed by atoms with E-state index in [1.807, 2.05) is 12.4 Å². The summed E-state index contributed by atoms with van der Waals surface area (Å²) in [6.07, 6.45) is 6.23. The predicted molar refractivity (Wildman–Crippen MR) is 66.1 cm³/mol. The normalized spacial score (nSPS) is 22.1. The van der Waals surface area contributed by atoms with Crippen LogP contribution in [0.15, 0.2) is 22.9 Å². The molecule has 0 saturated carbocycles. The van der Waals surface area contributed by atoms with Crippen molar-refractivity contribution in [2.75, 3.05) is 12.4 Å². The van der Waals surface area contributed by atoms with E-state index in [1.165, 1.54) is 18.4 Å². The molecule has 1 atom stereocenters. The van der Waals surface area contributed by atoms with Crippen molar-refractivity contribution >= 4 is 27.5 Å². The number of hydrogen-bond acceptors (Lipinski definition) is 2. The van der Waals surface area contributed by atoms with Crippen molar-refractivity contribution in [3.05, 3.63) is 28.5 Å². The van der Waals surface area contributed by atoms with E-state index in [4.69, 9.17) is 11.6 Å². The van der Waals surface area contributed by atoms with Crippen LogP contribution in [-0.4, -0.2) is 28.4 Å². The van der Waals surface area contributed by atoms with Gasteiger partial charge in [-0.2, -0.15) is 0 Å². The average molecular weight is 290 g/mol. The molecular weight excluding hydrogens is 275 g/mol. The molecule has 0 aromatic carbocycles. The highest BCUT2D eigenvalue weighted by atomic mass is 79.9. The van der Waals surface area contributed by atoms with E-state index < -0.39 is 0 Å². The lowest BCUT2D eigenvalue weighted by Gasteiger charge is -2.22. The molecule has 2 heterocycles. The van der Waals surface area contributed by atoms with Crippen LogP contribution in [-0.2, 0) is 6.54 Å². The first-order chi connectivity index (χ1) is 7.29. The molecular formula is C11H14BrClN2. The standard InChI is InChI=1S/C11H14BrClN2/c12-10-4-9(6-14-7-10)8-15-3-1-2-11(15)5-13/h4,6-7,11H,1-3,5,8H2. The van der Waals surface area contributed by atoms with E-state index in [9.17, 15) is 0 Å². The first-order valence-corrected chi connectivity index (χ1v) is 6.52. The van der Waals surface area contributed by atoms with Crippen LogP contribution in [0.1, 0.15) is 18.4 Å². The summed E-state index contributed by atoms with van der Waals surface area (Å²) >= 11 is 9.37. The van der Waals surface area contributed by atoms with E-state index in [0.717, 1.165) is 23.4 Å². The summed E-state index contributed by atoms with van der Waals surface area (Å²) in [5.41, 5.74) is 1.25.